The third-order valence-electron chi connectivity index (χ3n) is 3.22. The van der Waals surface area contributed by atoms with Crippen molar-refractivity contribution < 1.29 is 4.79 Å². The van der Waals surface area contributed by atoms with E-state index in [0.29, 0.717) is 11.4 Å². The maximum atomic E-state index is 12.0. The molecule has 0 saturated carbocycles. The van der Waals surface area contributed by atoms with Gasteiger partial charge in [-0.15, -0.1) is 0 Å². The molecule has 4 nitrogen and oxygen atoms in total. The number of nitrogens with zero attached hydrogens (tertiary/aromatic N) is 1. The van der Waals surface area contributed by atoms with Gasteiger partial charge in [0.05, 0.1) is 0 Å². The van der Waals surface area contributed by atoms with E-state index in [1.165, 1.54) is 0 Å². The molecule has 0 aromatic heterocycles. The fraction of sp³-hybridized carbons (Fsp3) is 0.462. The number of nitrogen functional groups attached to an aromatic ring is 1. The molecule has 3 N–H and O–H groups in total. The number of nitrogens with two attached hydrogens (primary N) is 1. The number of nitrogens with one attached hydrogen (secondary N) is 1. The van der Waals surface area contributed by atoms with Gasteiger partial charge >= 0.3 is 6.03 Å². The molecule has 94 valence electrons. The summed E-state index contributed by atoms with van der Waals surface area (Å²) in [6.45, 7) is 6.13. The van der Waals surface area contributed by atoms with Gasteiger partial charge in [0.2, 0.25) is 0 Å². The Hall–Kier alpha value is -1.71. The lowest BCUT2D eigenvalue weighted by molar-refractivity contribution is 0.165. The number of hydrogen-bond donors (Lipinski definition) is 2. The number of benzene rings is 1. The smallest absolute Gasteiger partial charge is 0.322 e. The summed E-state index contributed by atoms with van der Waals surface area (Å²) in [6, 6.07) is 7.04. The molecule has 1 aromatic carbocycles. The van der Waals surface area contributed by atoms with Crippen molar-refractivity contribution in [2.45, 2.75) is 32.7 Å². The Morgan fingerprint density at radius 2 is 2.12 bits per heavy atom. The molecule has 4 heteroatoms. The van der Waals surface area contributed by atoms with Crippen LogP contribution in [0.2, 0.25) is 0 Å². The number of urea groups is 1. The van der Waals surface area contributed by atoms with Gasteiger partial charge in [-0.25, -0.2) is 4.79 Å². The van der Waals surface area contributed by atoms with Gasteiger partial charge in [0.25, 0.3) is 0 Å². The zero-order valence-electron chi connectivity index (χ0n) is 10.9. The summed E-state index contributed by atoms with van der Waals surface area (Å²) >= 11 is 0. The van der Waals surface area contributed by atoms with E-state index in [1.54, 1.807) is 24.1 Å². The van der Waals surface area contributed by atoms with Crippen LogP contribution in [0.5, 0.6) is 0 Å². The van der Waals surface area contributed by atoms with Crippen molar-refractivity contribution in [2.75, 3.05) is 18.1 Å². The largest absolute Gasteiger partial charge is 0.399 e. The molecule has 0 saturated heterocycles. The topological polar surface area (TPSA) is 58.4 Å². The highest BCUT2D eigenvalue weighted by atomic mass is 16.2. The number of amides is 2. The Bertz CT molecular complexity index is 401. The minimum atomic E-state index is -0.162. The molecule has 0 radical (unpaired) electrons. The first-order valence-electron chi connectivity index (χ1n) is 5.77. The van der Waals surface area contributed by atoms with Crippen LogP contribution in [0.15, 0.2) is 24.3 Å². The zero-order chi connectivity index (χ0) is 13.1. The molecule has 0 unspecified atom stereocenters. The number of rotatable bonds is 3. The fourth-order valence-electron chi connectivity index (χ4n) is 1.34. The van der Waals surface area contributed by atoms with E-state index < -0.39 is 0 Å². The van der Waals surface area contributed by atoms with Gasteiger partial charge in [0.15, 0.2) is 0 Å². The SMILES string of the molecule is CCC(C)(C)N(C)C(=O)Nc1cccc(N)c1. The number of anilines is 2. The summed E-state index contributed by atoms with van der Waals surface area (Å²) in [5.74, 6) is 0. The van der Waals surface area contributed by atoms with E-state index in [1.807, 2.05) is 26.0 Å². The number of hydrogen-bond acceptors (Lipinski definition) is 2. The summed E-state index contributed by atoms with van der Waals surface area (Å²) < 4.78 is 0. The van der Waals surface area contributed by atoms with Crippen LogP contribution in [-0.2, 0) is 0 Å². The van der Waals surface area contributed by atoms with Crippen molar-refractivity contribution in [3.63, 3.8) is 0 Å². The van der Waals surface area contributed by atoms with Crippen molar-refractivity contribution >= 4 is 17.4 Å². The maximum absolute atomic E-state index is 12.0. The summed E-state index contributed by atoms with van der Waals surface area (Å²) in [4.78, 5) is 13.7. The third-order valence-corrected chi connectivity index (χ3v) is 3.22. The summed E-state index contributed by atoms with van der Waals surface area (Å²) in [5, 5.41) is 2.83. The molecular formula is C13H21N3O. The molecule has 0 aliphatic heterocycles. The van der Waals surface area contributed by atoms with E-state index >= 15 is 0 Å². The second-order valence-corrected chi connectivity index (χ2v) is 4.78. The molecule has 1 aromatic rings. The summed E-state index contributed by atoms with van der Waals surface area (Å²) in [6.07, 6.45) is 0.897. The second kappa shape index (κ2) is 5.08. The first-order chi connectivity index (χ1) is 7.86. The van der Waals surface area contributed by atoms with Crippen LogP contribution in [0.25, 0.3) is 0 Å². The molecule has 0 heterocycles. The highest BCUT2D eigenvalue weighted by Gasteiger charge is 2.25. The van der Waals surface area contributed by atoms with Gasteiger partial charge in [0.1, 0.15) is 0 Å². The van der Waals surface area contributed by atoms with E-state index in [-0.39, 0.29) is 11.6 Å². The van der Waals surface area contributed by atoms with Crippen molar-refractivity contribution in [2.24, 2.45) is 0 Å². The third kappa shape index (κ3) is 3.37. The van der Waals surface area contributed by atoms with Gasteiger partial charge in [-0.1, -0.05) is 13.0 Å². The van der Waals surface area contributed by atoms with E-state index in [2.05, 4.69) is 12.2 Å². The van der Waals surface area contributed by atoms with Crippen molar-refractivity contribution in [1.82, 2.24) is 4.90 Å². The molecule has 0 aliphatic carbocycles. The Balaban J connectivity index is 2.73. The lowest BCUT2D eigenvalue weighted by Crippen LogP contribution is -2.46. The van der Waals surface area contributed by atoms with Gasteiger partial charge in [-0.2, -0.15) is 0 Å². The molecular weight excluding hydrogens is 214 g/mol. The van der Waals surface area contributed by atoms with Crippen LogP contribution in [0.4, 0.5) is 16.2 Å². The van der Waals surface area contributed by atoms with E-state index in [9.17, 15) is 4.79 Å². The Morgan fingerprint density at radius 3 is 2.65 bits per heavy atom. The van der Waals surface area contributed by atoms with Crippen molar-refractivity contribution in [1.29, 1.82) is 0 Å². The van der Waals surface area contributed by atoms with Crippen LogP contribution in [0.1, 0.15) is 27.2 Å². The quantitative estimate of drug-likeness (QED) is 0.791. The maximum Gasteiger partial charge on any atom is 0.322 e. The van der Waals surface area contributed by atoms with Crippen molar-refractivity contribution in [3.05, 3.63) is 24.3 Å². The van der Waals surface area contributed by atoms with Crippen LogP contribution in [0, 0.1) is 0 Å². The Morgan fingerprint density at radius 1 is 1.47 bits per heavy atom. The molecule has 0 fully saturated rings. The predicted molar refractivity (Wildman–Crippen MR) is 72.0 cm³/mol. The van der Waals surface area contributed by atoms with Crippen molar-refractivity contribution in [3.8, 4) is 0 Å². The van der Waals surface area contributed by atoms with Crippen LogP contribution in [-0.4, -0.2) is 23.5 Å². The molecule has 2 amide bonds. The average molecular weight is 235 g/mol. The van der Waals surface area contributed by atoms with Gasteiger partial charge in [0, 0.05) is 24.0 Å². The lowest BCUT2D eigenvalue weighted by Gasteiger charge is -2.34. The molecule has 0 atom stereocenters. The Kier molecular flexibility index (Phi) is 3.99. The summed E-state index contributed by atoms with van der Waals surface area (Å²) in [7, 11) is 1.80. The zero-order valence-corrected chi connectivity index (χ0v) is 10.9. The van der Waals surface area contributed by atoms with Crippen LogP contribution < -0.4 is 11.1 Å². The predicted octanol–water partition coefficient (Wildman–Crippen LogP) is 2.92. The molecule has 1 rings (SSSR count). The highest BCUT2D eigenvalue weighted by molar-refractivity contribution is 5.90. The van der Waals surface area contributed by atoms with E-state index in [0.717, 1.165) is 6.42 Å². The number of carbonyl (C=O) groups excluding carboxylic acids is 1. The number of carbonyl (C=O) groups is 1. The standard InChI is InChI=1S/C13H21N3O/c1-5-13(2,3)16(4)12(17)15-11-8-6-7-10(14)9-11/h6-9H,5,14H2,1-4H3,(H,15,17). The fourth-order valence-corrected chi connectivity index (χ4v) is 1.34. The average Bonchev–Trinajstić information content (AvgIpc) is 2.28. The molecule has 0 aliphatic rings. The monoisotopic (exact) mass is 235 g/mol. The second-order valence-electron chi connectivity index (χ2n) is 4.78. The first-order valence-corrected chi connectivity index (χ1v) is 5.77. The van der Waals surface area contributed by atoms with Gasteiger partial charge in [-0.05, 0) is 38.5 Å². The summed E-state index contributed by atoms with van der Waals surface area (Å²) in [5.41, 5.74) is 6.85. The van der Waals surface area contributed by atoms with Crippen LogP contribution >= 0.6 is 0 Å². The van der Waals surface area contributed by atoms with Gasteiger partial charge in [-0.3, -0.25) is 0 Å². The van der Waals surface area contributed by atoms with Gasteiger partial charge < -0.3 is 16.0 Å². The van der Waals surface area contributed by atoms with E-state index in [4.69, 9.17) is 5.73 Å². The van der Waals surface area contributed by atoms with Crippen LogP contribution in [0.3, 0.4) is 0 Å². The molecule has 0 bridgehead atoms. The highest BCUT2D eigenvalue weighted by Crippen LogP contribution is 2.18. The molecule has 17 heavy (non-hydrogen) atoms. The Labute approximate surface area is 103 Å². The minimum Gasteiger partial charge on any atom is -0.399 e. The first kappa shape index (κ1) is 13.4. The minimum absolute atomic E-state index is 0.123. The molecule has 0 spiro atoms. The lowest BCUT2D eigenvalue weighted by atomic mass is 10.0. The normalized spacial score (nSPS) is 11.1.